The Hall–Kier alpha value is -0.491. The van der Waals surface area contributed by atoms with Gasteiger partial charge >= 0.3 is 211 Å². The summed E-state index contributed by atoms with van der Waals surface area (Å²) in [6.07, 6.45) is 15.5. The number of hydrogen-bond donors (Lipinski definition) is 0. The second kappa shape index (κ2) is 16.2. The molecular formula is C28H51NO2SSn. The van der Waals surface area contributed by atoms with E-state index in [9.17, 15) is 8.42 Å². The second-order valence-electron chi connectivity index (χ2n) is 9.82. The molecule has 3 nitrogen and oxygen atoms in total. The average Bonchev–Trinajstić information content (AvgIpc) is 2.81. The molecule has 0 atom stereocenters. The number of nitrogens with zero attached hydrogens (tertiary/aromatic N) is 1. The van der Waals surface area contributed by atoms with Gasteiger partial charge in [-0.05, 0) is 0 Å². The van der Waals surface area contributed by atoms with Crippen LogP contribution in [0.15, 0.2) is 38.9 Å². The van der Waals surface area contributed by atoms with Gasteiger partial charge in [-0.25, -0.2) is 0 Å². The maximum atomic E-state index is 13.8. The Morgan fingerprint density at radius 2 is 1.27 bits per heavy atom. The molecule has 0 fully saturated rings. The summed E-state index contributed by atoms with van der Waals surface area (Å²) in [6.45, 7) is 11.1. The molecule has 1 rings (SSSR count). The fraction of sp³-hybridized carbons (Fsp3) is 0.714. The molecule has 0 aromatic heterocycles. The predicted octanol–water partition coefficient (Wildman–Crippen LogP) is 8.86. The summed E-state index contributed by atoms with van der Waals surface area (Å²) in [4.78, 5) is 0.425. The fourth-order valence-electron chi connectivity index (χ4n) is 4.79. The molecule has 0 radical (unpaired) electrons. The van der Waals surface area contributed by atoms with Crippen molar-refractivity contribution in [3.05, 3.63) is 39.6 Å². The molecule has 0 aliphatic rings. The molecule has 33 heavy (non-hydrogen) atoms. The van der Waals surface area contributed by atoms with Gasteiger partial charge in [0.05, 0.1) is 0 Å². The minimum absolute atomic E-state index is 0.425. The Bertz CT molecular complexity index is 765. The third-order valence-corrected chi connectivity index (χ3v) is 25.1. The first-order valence-corrected chi connectivity index (χ1v) is 22.5. The minimum atomic E-state index is -3.54. The maximum absolute atomic E-state index is 13.8. The summed E-state index contributed by atoms with van der Waals surface area (Å²) >= 11 is -2.94. The van der Waals surface area contributed by atoms with Crippen molar-refractivity contribution in [3.63, 3.8) is 0 Å². The van der Waals surface area contributed by atoms with Crippen molar-refractivity contribution in [1.82, 2.24) is 4.31 Å². The molecule has 0 heterocycles. The van der Waals surface area contributed by atoms with Crippen LogP contribution in [0.1, 0.15) is 104 Å². The third-order valence-electron chi connectivity index (χ3n) is 6.98. The van der Waals surface area contributed by atoms with Gasteiger partial charge in [0, 0.05) is 0 Å². The number of rotatable bonds is 18. The standard InChI is InChI=1S/C16H24NO2S.3C4H9.Sn/c1-4-5-6-7-8-9-14-17(3)20(18,19)16-12-10-15(2)11-13-16;3*1-3-4-2;/h9-13H,4-8H2,1-3H3;3*1,3-4H2,2H3;. The van der Waals surface area contributed by atoms with Crippen LogP contribution in [0.3, 0.4) is 0 Å². The molecule has 0 amide bonds. The summed E-state index contributed by atoms with van der Waals surface area (Å²) in [5.74, 6) is 0. The molecule has 0 bridgehead atoms. The van der Waals surface area contributed by atoms with E-state index in [1.807, 2.05) is 26.1 Å². The van der Waals surface area contributed by atoms with Crippen LogP contribution >= 0.6 is 0 Å². The van der Waals surface area contributed by atoms with Crippen molar-refractivity contribution < 1.29 is 8.42 Å². The molecule has 1 aromatic rings. The van der Waals surface area contributed by atoms with Crippen LogP contribution in [0, 0.1) is 6.92 Å². The van der Waals surface area contributed by atoms with Crippen molar-refractivity contribution in [2.45, 2.75) is 123 Å². The molecule has 190 valence electrons. The number of sulfonamides is 1. The Morgan fingerprint density at radius 3 is 1.73 bits per heavy atom. The first-order chi connectivity index (χ1) is 15.8. The normalized spacial score (nSPS) is 12.8. The van der Waals surface area contributed by atoms with Gasteiger partial charge < -0.3 is 0 Å². The SMILES string of the molecule is CCCCCC/C=[C](\N(C)S(=O)(=O)c1ccc(C)cc1)[Sn]([CH2]CCC)([CH2]CCC)[CH2]CCC. The van der Waals surface area contributed by atoms with E-state index >= 15 is 0 Å². The average molecular weight is 584 g/mol. The van der Waals surface area contributed by atoms with Crippen molar-refractivity contribution in [2.24, 2.45) is 0 Å². The number of allylic oxidation sites excluding steroid dienone is 1. The summed E-state index contributed by atoms with van der Waals surface area (Å²) in [5.41, 5.74) is 1.09. The van der Waals surface area contributed by atoms with Crippen LogP contribution in [0.5, 0.6) is 0 Å². The van der Waals surface area contributed by atoms with E-state index in [0.29, 0.717) is 4.90 Å². The van der Waals surface area contributed by atoms with Gasteiger partial charge in [0.15, 0.2) is 0 Å². The Balaban J connectivity index is 3.50. The topological polar surface area (TPSA) is 37.4 Å². The quantitative estimate of drug-likeness (QED) is 0.128. The van der Waals surface area contributed by atoms with Crippen LogP contribution in [0.2, 0.25) is 13.3 Å². The first kappa shape index (κ1) is 30.5. The summed E-state index contributed by atoms with van der Waals surface area (Å²) in [6, 6.07) is 7.38. The molecule has 0 unspecified atom stereocenters. The number of benzene rings is 1. The molecule has 1 aromatic carbocycles. The van der Waals surface area contributed by atoms with Crippen molar-refractivity contribution in [3.8, 4) is 0 Å². The van der Waals surface area contributed by atoms with Crippen molar-refractivity contribution in [2.75, 3.05) is 7.05 Å². The van der Waals surface area contributed by atoms with E-state index in [4.69, 9.17) is 0 Å². The molecule has 0 saturated carbocycles. The molecule has 0 saturated heterocycles. The van der Waals surface area contributed by atoms with E-state index in [1.54, 1.807) is 16.4 Å². The van der Waals surface area contributed by atoms with E-state index in [2.05, 4.69) is 33.8 Å². The summed E-state index contributed by atoms with van der Waals surface area (Å²) in [5, 5.41) is 0. The van der Waals surface area contributed by atoms with Crippen LogP contribution < -0.4 is 0 Å². The van der Waals surface area contributed by atoms with Gasteiger partial charge in [-0.2, -0.15) is 0 Å². The predicted molar refractivity (Wildman–Crippen MR) is 148 cm³/mol. The van der Waals surface area contributed by atoms with Gasteiger partial charge in [-0.1, -0.05) is 0 Å². The number of unbranched alkanes of at least 4 members (excludes halogenated alkanes) is 7. The second-order valence-corrected chi connectivity index (χ2v) is 24.8. The van der Waals surface area contributed by atoms with Crippen molar-refractivity contribution >= 4 is 28.4 Å². The molecule has 0 N–H and O–H groups in total. The van der Waals surface area contributed by atoms with E-state index in [-0.39, 0.29) is 0 Å². The van der Waals surface area contributed by atoms with Gasteiger partial charge in [-0.15, -0.1) is 0 Å². The van der Waals surface area contributed by atoms with Crippen LogP contribution in [0.25, 0.3) is 0 Å². The fourth-order valence-corrected chi connectivity index (χ4v) is 25.0. The zero-order valence-electron chi connectivity index (χ0n) is 22.5. The molecular weight excluding hydrogens is 533 g/mol. The molecule has 0 spiro atoms. The number of aryl methyl sites for hydroxylation is 1. The molecule has 0 aliphatic heterocycles. The van der Waals surface area contributed by atoms with Gasteiger partial charge in [0.1, 0.15) is 0 Å². The van der Waals surface area contributed by atoms with Crippen LogP contribution in [-0.2, 0) is 10.0 Å². The van der Waals surface area contributed by atoms with Gasteiger partial charge in [-0.3, -0.25) is 0 Å². The monoisotopic (exact) mass is 585 g/mol. The zero-order chi connectivity index (χ0) is 24.7. The zero-order valence-corrected chi connectivity index (χ0v) is 26.1. The van der Waals surface area contributed by atoms with Crippen molar-refractivity contribution in [1.29, 1.82) is 0 Å². The Morgan fingerprint density at radius 1 is 0.788 bits per heavy atom. The molecule has 5 heteroatoms. The van der Waals surface area contributed by atoms with Crippen LogP contribution in [0.4, 0.5) is 0 Å². The Labute approximate surface area is 210 Å². The van der Waals surface area contributed by atoms with Gasteiger partial charge in [0.2, 0.25) is 0 Å². The summed E-state index contributed by atoms with van der Waals surface area (Å²) in [7, 11) is -1.69. The summed E-state index contributed by atoms with van der Waals surface area (Å²) < 4.78 is 34.5. The van der Waals surface area contributed by atoms with Crippen LogP contribution in [-0.4, -0.2) is 38.1 Å². The van der Waals surface area contributed by atoms with E-state index in [0.717, 1.165) is 18.4 Å². The van der Waals surface area contributed by atoms with E-state index in [1.165, 1.54) is 74.8 Å². The Kier molecular flexibility index (Phi) is 15.0. The molecule has 0 aliphatic carbocycles. The number of hydrogen-bond acceptors (Lipinski definition) is 2. The first-order valence-electron chi connectivity index (χ1n) is 13.5. The van der Waals surface area contributed by atoms with Gasteiger partial charge in [0.25, 0.3) is 0 Å². The third kappa shape index (κ3) is 9.58. The van der Waals surface area contributed by atoms with E-state index < -0.39 is 28.4 Å².